The van der Waals surface area contributed by atoms with Crippen LogP contribution in [0.15, 0.2) is 160 Å². The van der Waals surface area contributed by atoms with Gasteiger partial charge in [-0.25, -0.2) is 15.0 Å². The monoisotopic (exact) mass is 615 g/mol. The maximum absolute atomic E-state index is 6.65. The molecule has 5 nitrogen and oxygen atoms in total. The van der Waals surface area contributed by atoms with E-state index in [0.29, 0.717) is 17.5 Å². The van der Waals surface area contributed by atoms with Gasteiger partial charge in [-0.1, -0.05) is 127 Å². The van der Waals surface area contributed by atoms with Crippen molar-refractivity contribution in [3.63, 3.8) is 0 Å². The van der Waals surface area contributed by atoms with E-state index in [-0.39, 0.29) is 0 Å². The van der Waals surface area contributed by atoms with Crippen LogP contribution >= 0.6 is 0 Å². The van der Waals surface area contributed by atoms with Crippen LogP contribution in [0.2, 0.25) is 0 Å². The van der Waals surface area contributed by atoms with Gasteiger partial charge in [0.2, 0.25) is 0 Å². The molecule has 3 heterocycles. The molecule has 10 rings (SSSR count). The molecule has 5 heteroatoms. The molecule has 0 amide bonds. The van der Waals surface area contributed by atoms with Crippen LogP contribution in [0.4, 0.5) is 0 Å². The third kappa shape index (κ3) is 4.08. The summed E-state index contributed by atoms with van der Waals surface area (Å²) in [4.78, 5) is 15.5. The summed E-state index contributed by atoms with van der Waals surface area (Å²) >= 11 is 0. The summed E-state index contributed by atoms with van der Waals surface area (Å²) in [6, 6.07) is 51.5. The van der Waals surface area contributed by atoms with E-state index in [1.807, 2.05) is 84.9 Å². The highest BCUT2D eigenvalue weighted by molar-refractivity contribution is 6.22. The van der Waals surface area contributed by atoms with E-state index in [1.54, 1.807) is 0 Å². The average molecular weight is 616 g/mol. The number of furan rings is 2. The predicted octanol–water partition coefficient (Wildman–Crippen LogP) is 11.5. The molecule has 0 fully saturated rings. The van der Waals surface area contributed by atoms with Crippen molar-refractivity contribution in [3.8, 4) is 45.3 Å². The summed E-state index contributed by atoms with van der Waals surface area (Å²) in [6.45, 7) is 0. The van der Waals surface area contributed by atoms with Crippen molar-refractivity contribution in [1.82, 2.24) is 15.0 Å². The Bertz CT molecular complexity index is 2840. The Morgan fingerprint density at radius 3 is 1.60 bits per heavy atom. The molecule has 7 aromatic carbocycles. The van der Waals surface area contributed by atoms with Gasteiger partial charge in [0.05, 0.1) is 5.56 Å². The summed E-state index contributed by atoms with van der Waals surface area (Å²) in [5.74, 6) is 1.69. The van der Waals surface area contributed by atoms with Crippen LogP contribution in [0.25, 0.3) is 99.9 Å². The largest absolute Gasteiger partial charge is 0.455 e. The number of benzene rings is 7. The first-order valence-corrected chi connectivity index (χ1v) is 15.9. The Morgan fingerprint density at radius 1 is 0.333 bits per heavy atom. The fourth-order valence-corrected chi connectivity index (χ4v) is 6.94. The first-order chi connectivity index (χ1) is 23.8. The van der Waals surface area contributed by atoms with Crippen molar-refractivity contribution in [1.29, 1.82) is 0 Å². The summed E-state index contributed by atoms with van der Waals surface area (Å²) in [5.41, 5.74) is 8.03. The van der Waals surface area contributed by atoms with Gasteiger partial charge in [0.25, 0.3) is 0 Å². The Morgan fingerprint density at radius 2 is 0.854 bits per heavy atom. The fraction of sp³-hybridized carbons (Fsp3) is 0. The molecule has 10 aromatic rings. The molecular weight excluding hydrogens is 590 g/mol. The predicted molar refractivity (Wildman–Crippen MR) is 194 cm³/mol. The minimum atomic E-state index is 0.543. The van der Waals surface area contributed by atoms with Gasteiger partial charge in [-0.05, 0) is 40.8 Å². The van der Waals surface area contributed by atoms with Gasteiger partial charge >= 0.3 is 0 Å². The number of aromatic nitrogens is 3. The normalized spacial score (nSPS) is 11.8. The number of nitrogens with zero attached hydrogens (tertiary/aromatic N) is 3. The fourth-order valence-electron chi connectivity index (χ4n) is 6.94. The van der Waals surface area contributed by atoms with E-state index in [4.69, 9.17) is 23.8 Å². The van der Waals surface area contributed by atoms with Crippen LogP contribution in [0, 0.1) is 0 Å². The van der Waals surface area contributed by atoms with Gasteiger partial charge in [0, 0.05) is 38.1 Å². The molecule has 0 unspecified atom stereocenters. The van der Waals surface area contributed by atoms with E-state index >= 15 is 0 Å². The van der Waals surface area contributed by atoms with Crippen LogP contribution in [0.3, 0.4) is 0 Å². The summed E-state index contributed by atoms with van der Waals surface area (Å²) in [5, 5.41) is 6.16. The number of fused-ring (bicyclic) bond motifs is 8. The van der Waals surface area contributed by atoms with E-state index in [0.717, 1.165) is 82.5 Å². The second-order valence-corrected chi connectivity index (χ2v) is 11.9. The standard InChI is InChI=1S/C43H25N3O2/c1-3-13-26(14-4-1)28-19-11-21-31-34(28)25-35(38-32-18-8-10-24-37(32)48-40(31)38)43-45-41(27-15-5-2-6-16-27)44-42(46-43)33-22-12-20-30-29-17-7-9-23-36(29)47-39(30)33/h1-25H. The van der Waals surface area contributed by atoms with Crippen molar-refractivity contribution in [2.24, 2.45) is 0 Å². The topological polar surface area (TPSA) is 65.0 Å². The van der Waals surface area contributed by atoms with E-state index in [9.17, 15) is 0 Å². The molecule has 0 N–H and O–H groups in total. The lowest BCUT2D eigenvalue weighted by Gasteiger charge is -2.13. The Kier molecular flexibility index (Phi) is 5.81. The zero-order chi connectivity index (χ0) is 31.6. The first kappa shape index (κ1) is 26.6. The maximum Gasteiger partial charge on any atom is 0.167 e. The lowest BCUT2D eigenvalue weighted by Crippen LogP contribution is -2.01. The molecule has 0 saturated carbocycles. The van der Waals surface area contributed by atoms with Crippen molar-refractivity contribution in [3.05, 3.63) is 152 Å². The molecule has 48 heavy (non-hydrogen) atoms. The SMILES string of the molecule is c1ccc(-c2nc(-c3cccc4c3oc3ccccc34)nc(-c3cc4c(-c5ccccc5)cccc4c4oc5ccccc5c34)n2)cc1. The van der Waals surface area contributed by atoms with Crippen molar-refractivity contribution < 1.29 is 8.83 Å². The summed E-state index contributed by atoms with van der Waals surface area (Å²) < 4.78 is 13.1. The molecule has 0 atom stereocenters. The van der Waals surface area contributed by atoms with Crippen LogP contribution in [0.1, 0.15) is 0 Å². The molecule has 0 aliphatic rings. The van der Waals surface area contributed by atoms with Gasteiger partial charge in [0.1, 0.15) is 22.3 Å². The minimum Gasteiger partial charge on any atom is -0.455 e. The first-order valence-electron chi connectivity index (χ1n) is 15.9. The van der Waals surface area contributed by atoms with Gasteiger partial charge in [0.15, 0.2) is 17.5 Å². The zero-order valence-corrected chi connectivity index (χ0v) is 25.6. The highest BCUT2D eigenvalue weighted by Crippen LogP contribution is 2.44. The van der Waals surface area contributed by atoms with Crippen molar-refractivity contribution in [2.75, 3.05) is 0 Å². The quantitative estimate of drug-likeness (QED) is 0.197. The van der Waals surface area contributed by atoms with Crippen LogP contribution in [-0.2, 0) is 0 Å². The summed E-state index contributed by atoms with van der Waals surface area (Å²) in [6.07, 6.45) is 0. The number of hydrogen-bond acceptors (Lipinski definition) is 5. The van der Waals surface area contributed by atoms with Gasteiger partial charge in [-0.2, -0.15) is 0 Å². The molecule has 0 aliphatic heterocycles. The molecule has 0 saturated heterocycles. The molecule has 0 spiro atoms. The highest BCUT2D eigenvalue weighted by Gasteiger charge is 2.22. The number of hydrogen-bond donors (Lipinski definition) is 0. The van der Waals surface area contributed by atoms with Gasteiger partial charge in [-0.15, -0.1) is 0 Å². The van der Waals surface area contributed by atoms with Crippen molar-refractivity contribution >= 4 is 54.6 Å². The van der Waals surface area contributed by atoms with Gasteiger partial charge in [-0.3, -0.25) is 0 Å². The lowest BCUT2D eigenvalue weighted by atomic mass is 9.93. The van der Waals surface area contributed by atoms with Crippen molar-refractivity contribution in [2.45, 2.75) is 0 Å². The average Bonchev–Trinajstić information content (AvgIpc) is 3.74. The molecule has 3 aromatic heterocycles. The Hall–Kier alpha value is -6.59. The Labute approximate surface area is 274 Å². The van der Waals surface area contributed by atoms with E-state index < -0.39 is 0 Å². The molecule has 224 valence electrons. The molecule has 0 radical (unpaired) electrons. The second-order valence-electron chi connectivity index (χ2n) is 11.9. The van der Waals surface area contributed by atoms with E-state index in [2.05, 4.69) is 66.7 Å². The lowest BCUT2D eigenvalue weighted by molar-refractivity contribution is 0.669. The van der Waals surface area contributed by atoms with Gasteiger partial charge < -0.3 is 8.83 Å². The van der Waals surface area contributed by atoms with Crippen LogP contribution in [-0.4, -0.2) is 15.0 Å². The maximum atomic E-state index is 6.65. The molecule has 0 bridgehead atoms. The Balaban J connectivity index is 1.32. The van der Waals surface area contributed by atoms with Crippen LogP contribution < -0.4 is 0 Å². The van der Waals surface area contributed by atoms with Crippen LogP contribution in [0.5, 0.6) is 0 Å². The third-order valence-corrected chi connectivity index (χ3v) is 9.14. The zero-order valence-electron chi connectivity index (χ0n) is 25.6. The molecule has 0 aliphatic carbocycles. The highest BCUT2D eigenvalue weighted by atomic mass is 16.3. The minimum absolute atomic E-state index is 0.543. The molecular formula is C43H25N3O2. The number of rotatable bonds is 4. The summed E-state index contributed by atoms with van der Waals surface area (Å²) in [7, 11) is 0. The smallest absolute Gasteiger partial charge is 0.167 e. The third-order valence-electron chi connectivity index (χ3n) is 9.14. The van der Waals surface area contributed by atoms with E-state index in [1.165, 1.54) is 0 Å². The number of para-hydroxylation sites is 3. The second kappa shape index (κ2) is 10.5.